The third-order valence-electron chi connectivity index (χ3n) is 4.74. The van der Waals surface area contributed by atoms with E-state index in [1.54, 1.807) is 39.0 Å². The van der Waals surface area contributed by atoms with Gasteiger partial charge < -0.3 is 24.3 Å². The van der Waals surface area contributed by atoms with Gasteiger partial charge in [0.1, 0.15) is 24.0 Å². The first-order chi connectivity index (χ1) is 14.1. The highest BCUT2D eigenvalue weighted by atomic mass is 16.5. The number of nitrogens with zero attached hydrogens (tertiary/aromatic N) is 3. The molecule has 2 heterocycles. The highest BCUT2D eigenvalue weighted by Gasteiger charge is 2.43. The van der Waals surface area contributed by atoms with Crippen LogP contribution in [0.15, 0.2) is 30.2 Å². The molecule has 1 aliphatic rings. The molecule has 0 unspecified atom stereocenters. The van der Waals surface area contributed by atoms with Gasteiger partial charge in [-0.25, -0.2) is 4.68 Å². The monoisotopic (exact) mass is 402 g/mol. The van der Waals surface area contributed by atoms with Gasteiger partial charge in [0, 0.05) is 17.3 Å². The molecule has 2 atom stereocenters. The molecular weight excluding hydrogens is 376 g/mol. The first kappa shape index (κ1) is 20.5. The second kappa shape index (κ2) is 8.85. The Morgan fingerprint density at radius 2 is 2.00 bits per heavy atom. The molecule has 1 N–H and O–H groups in total. The summed E-state index contributed by atoms with van der Waals surface area (Å²) in [7, 11) is 4.68. The molecule has 0 saturated heterocycles. The van der Waals surface area contributed by atoms with Gasteiger partial charge >= 0.3 is 5.97 Å². The van der Waals surface area contributed by atoms with E-state index in [0.29, 0.717) is 34.5 Å². The topological polar surface area (TPSA) is 96.7 Å². The van der Waals surface area contributed by atoms with E-state index >= 15 is 0 Å². The lowest BCUT2D eigenvalue weighted by atomic mass is 9.87. The molecule has 0 aliphatic carbocycles. The summed E-state index contributed by atoms with van der Waals surface area (Å²) in [6.45, 7) is 4.05. The fourth-order valence-corrected chi connectivity index (χ4v) is 3.56. The molecule has 0 spiro atoms. The normalized spacial score (nSPS) is 19.3. The lowest BCUT2D eigenvalue weighted by Crippen LogP contribution is -2.38. The molecule has 1 aromatic heterocycles. The maximum atomic E-state index is 13.0. The van der Waals surface area contributed by atoms with E-state index in [4.69, 9.17) is 18.9 Å². The van der Waals surface area contributed by atoms with Crippen LogP contribution in [-0.4, -0.2) is 48.7 Å². The summed E-state index contributed by atoms with van der Waals surface area (Å²) >= 11 is 0. The maximum absolute atomic E-state index is 13.0. The minimum Gasteiger partial charge on any atom is -0.497 e. The number of aromatic nitrogens is 3. The van der Waals surface area contributed by atoms with Crippen LogP contribution < -0.4 is 19.5 Å². The summed E-state index contributed by atoms with van der Waals surface area (Å²) in [6, 6.07) is 2.98. The number of ether oxygens (including phenoxy) is 4. The number of rotatable bonds is 7. The zero-order valence-electron chi connectivity index (χ0n) is 17.3. The molecule has 0 fully saturated rings. The minimum atomic E-state index is -0.671. The quantitative estimate of drug-likeness (QED) is 0.706. The Morgan fingerprint density at radius 1 is 1.21 bits per heavy atom. The Bertz CT molecular complexity index is 908. The SMILES string of the molecule is CC/C=C1/Nc2ncnn2[C@@H](c2cc(OC)cc(OC)c2OC)[C@@H]1C(=O)OCC. The van der Waals surface area contributed by atoms with Crippen molar-refractivity contribution < 1.29 is 23.7 Å². The summed E-state index contributed by atoms with van der Waals surface area (Å²) < 4.78 is 23.7. The number of esters is 1. The van der Waals surface area contributed by atoms with Gasteiger partial charge in [-0.3, -0.25) is 4.79 Å². The number of carbonyl (C=O) groups is 1. The van der Waals surface area contributed by atoms with Crippen LogP contribution in [0, 0.1) is 5.92 Å². The van der Waals surface area contributed by atoms with Gasteiger partial charge in [-0.15, -0.1) is 0 Å². The summed E-state index contributed by atoms with van der Waals surface area (Å²) in [5.41, 5.74) is 1.39. The first-order valence-electron chi connectivity index (χ1n) is 9.42. The Kier molecular flexibility index (Phi) is 6.26. The van der Waals surface area contributed by atoms with Crippen LogP contribution in [0.1, 0.15) is 31.9 Å². The zero-order chi connectivity index (χ0) is 21.0. The van der Waals surface area contributed by atoms with E-state index < -0.39 is 12.0 Å². The molecule has 1 aliphatic heterocycles. The van der Waals surface area contributed by atoms with Crippen LogP contribution in [0.5, 0.6) is 17.2 Å². The van der Waals surface area contributed by atoms with Crippen molar-refractivity contribution >= 4 is 11.9 Å². The highest BCUT2D eigenvalue weighted by molar-refractivity contribution is 5.79. The number of fused-ring (bicyclic) bond motifs is 1. The van der Waals surface area contributed by atoms with Gasteiger partial charge in [-0.2, -0.15) is 10.1 Å². The number of hydrogen-bond acceptors (Lipinski definition) is 8. The Hall–Kier alpha value is -3.23. The number of anilines is 1. The van der Waals surface area contributed by atoms with Crippen LogP contribution in [0.25, 0.3) is 0 Å². The fraction of sp³-hybridized carbons (Fsp3) is 0.450. The molecule has 0 radical (unpaired) electrons. The van der Waals surface area contributed by atoms with Crippen molar-refractivity contribution in [1.29, 1.82) is 0 Å². The summed E-state index contributed by atoms with van der Waals surface area (Å²) in [6.07, 6.45) is 4.13. The summed E-state index contributed by atoms with van der Waals surface area (Å²) in [5, 5.41) is 7.57. The zero-order valence-corrected chi connectivity index (χ0v) is 17.3. The number of methoxy groups -OCH3 is 3. The Balaban J connectivity index is 2.29. The molecule has 3 rings (SSSR count). The Morgan fingerprint density at radius 3 is 2.62 bits per heavy atom. The minimum absolute atomic E-state index is 0.268. The molecule has 0 bridgehead atoms. The molecular formula is C20H26N4O5. The summed E-state index contributed by atoms with van der Waals surface area (Å²) in [5.74, 6) is 1.04. The lowest BCUT2D eigenvalue weighted by Gasteiger charge is -2.34. The van der Waals surface area contributed by atoms with Gasteiger partial charge in [0.25, 0.3) is 0 Å². The van der Waals surface area contributed by atoms with Crippen molar-refractivity contribution in [3.8, 4) is 17.2 Å². The predicted octanol–water partition coefficient (Wildman–Crippen LogP) is 2.79. The number of hydrogen-bond donors (Lipinski definition) is 1. The molecule has 1 aromatic carbocycles. The third-order valence-corrected chi connectivity index (χ3v) is 4.74. The fourth-order valence-electron chi connectivity index (χ4n) is 3.56. The van der Waals surface area contributed by atoms with E-state index in [-0.39, 0.29) is 12.6 Å². The molecule has 2 aromatic rings. The van der Waals surface area contributed by atoms with Crippen molar-refractivity contribution in [2.75, 3.05) is 33.3 Å². The van der Waals surface area contributed by atoms with Gasteiger partial charge in [0.15, 0.2) is 11.5 Å². The van der Waals surface area contributed by atoms with Crippen LogP contribution >= 0.6 is 0 Å². The average Bonchev–Trinajstić information content (AvgIpc) is 3.20. The smallest absolute Gasteiger partial charge is 0.317 e. The third kappa shape index (κ3) is 3.72. The van der Waals surface area contributed by atoms with E-state index in [0.717, 1.165) is 6.42 Å². The molecule has 9 heteroatoms. The second-order valence-corrected chi connectivity index (χ2v) is 6.35. The van der Waals surface area contributed by atoms with Gasteiger partial charge in [-0.05, 0) is 19.4 Å². The molecule has 156 valence electrons. The first-order valence-corrected chi connectivity index (χ1v) is 9.42. The highest BCUT2D eigenvalue weighted by Crippen LogP contribution is 2.46. The van der Waals surface area contributed by atoms with E-state index in [1.807, 2.05) is 19.1 Å². The standard InChI is InChI=1S/C20H26N4O5/c1-6-8-14-16(19(25)29-7-2)17(24-20(23-14)21-11-22-24)13-9-12(26-3)10-15(27-4)18(13)28-5/h8-11,16-17H,6-7H2,1-5H3,(H,21,22,23)/b14-8+/t16-,17+/m1/s1. The van der Waals surface area contributed by atoms with Gasteiger partial charge in [-0.1, -0.05) is 13.0 Å². The number of nitrogens with one attached hydrogen (secondary N) is 1. The predicted molar refractivity (Wildman–Crippen MR) is 106 cm³/mol. The van der Waals surface area contributed by atoms with E-state index in [1.165, 1.54) is 6.33 Å². The second-order valence-electron chi connectivity index (χ2n) is 6.35. The van der Waals surface area contributed by atoms with Crippen molar-refractivity contribution in [2.45, 2.75) is 26.3 Å². The van der Waals surface area contributed by atoms with Crippen LogP contribution in [0.2, 0.25) is 0 Å². The van der Waals surface area contributed by atoms with Crippen LogP contribution in [0.3, 0.4) is 0 Å². The number of allylic oxidation sites excluding steroid dienone is 1. The number of benzene rings is 1. The average molecular weight is 402 g/mol. The van der Waals surface area contributed by atoms with Crippen LogP contribution in [0.4, 0.5) is 5.95 Å². The largest absolute Gasteiger partial charge is 0.497 e. The Labute approximate surface area is 169 Å². The van der Waals surface area contributed by atoms with E-state index in [2.05, 4.69) is 15.4 Å². The van der Waals surface area contributed by atoms with Gasteiger partial charge in [0.05, 0.1) is 27.9 Å². The molecule has 0 amide bonds. The van der Waals surface area contributed by atoms with Crippen molar-refractivity contribution in [3.63, 3.8) is 0 Å². The van der Waals surface area contributed by atoms with Gasteiger partial charge in [0.2, 0.25) is 5.95 Å². The molecule has 29 heavy (non-hydrogen) atoms. The number of carbonyl (C=O) groups excluding carboxylic acids is 1. The van der Waals surface area contributed by atoms with Crippen molar-refractivity contribution in [1.82, 2.24) is 14.8 Å². The lowest BCUT2D eigenvalue weighted by molar-refractivity contribution is -0.147. The molecule has 0 saturated carbocycles. The maximum Gasteiger partial charge on any atom is 0.317 e. The molecule has 9 nitrogen and oxygen atoms in total. The van der Waals surface area contributed by atoms with Crippen molar-refractivity contribution in [2.24, 2.45) is 5.92 Å². The summed E-state index contributed by atoms with van der Waals surface area (Å²) in [4.78, 5) is 17.3. The van der Waals surface area contributed by atoms with E-state index in [9.17, 15) is 4.79 Å². The van der Waals surface area contributed by atoms with Crippen molar-refractivity contribution in [3.05, 3.63) is 35.8 Å². The van der Waals surface area contributed by atoms with Crippen LogP contribution in [-0.2, 0) is 9.53 Å².